The van der Waals surface area contributed by atoms with Gasteiger partial charge >= 0.3 is 0 Å². The number of hydrogen-bond donors (Lipinski definition) is 1. The van der Waals surface area contributed by atoms with E-state index >= 15 is 0 Å². The van der Waals surface area contributed by atoms with Crippen molar-refractivity contribution in [3.63, 3.8) is 0 Å². The van der Waals surface area contributed by atoms with Gasteiger partial charge in [-0.2, -0.15) is 5.10 Å². The molecule has 0 radical (unpaired) electrons. The van der Waals surface area contributed by atoms with Crippen molar-refractivity contribution in [2.45, 2.75) is 12.8 Å². The first kappa shape index (κ1) is 21.6. The summed E-state index contributed by atoms with van der Waals surface area (Å²) in [6.07, 6.45) is 2.32. The molecule has 0 atom stereocenters. The van der Waals surface area contributed by atoms with Crippen molar-refractivity contribution in [1.82, 2.24) is 25.0 Å². The molecule has 1 N–H and O–H groups in total. The number of aromatic amines is 1. The van der Waals surface area contributed by atoms with E-state index in [4.69, 9.17) is 0 Å². The molecule has 1 spiro atoms. The number of carbonyl (C=O) groups is 1. The Hall–Kier alpha value is -3.95. The first-order chi connectivity index (χ1) is 17.1. The van der Waals surface area contributed by atoms with Crippen molar-refractivity contribution in [3.05, 3.63) is 83.7 Å². The fourth-order valence-electron chi connectivity index (χ4n) is 5.17. The highest BCUT2D eigenvalue weighted by Gasteiger charge is 2.46. The minimum atomic E-state index is -0.00835. The number of hydrogen-bond acceptors (Lipinski definition) is 4. The molecule has 2 aromatic carbocycles. The van der Waals surface area contributed by atoms with Gasteiger partial charge in [-0.25, -0.2) is 4.98 Å². The average Bonchev–Trinajstić information content (AvgIpc) is 3.29. The molecule has 174 valence electrons. The quantitative estimate of drug-likeness (QED) is 0.455. The van der Waals surface area contributed by atoms with E-state index in [0.29, 0.717) is 22.3 Å². The number of nitrogens with one attached hydrogen (secondary N) is 1. The summed E-state index contributed by atoms with van der Waals surface area (Å²) >= 11 is 0. The summed E-state index contributed by atoms with van der Waals surface area (Å²) in [5, 5.41) is 7.38. The largest absolute Gasteiger partial charge is 0.336 e. The van der Waals surface area contributed by atoms with Crippen LogP contribution in [0, 0.1) is 17.3 Å². The highest BCUT2D eigenvalue weighted by atomic mass is 16.2. The number of pyridine rings is 1. The standard InChI is InChI=1S/C29H27N5O/c1-33-17-15-29(16-18-33)19-34(20-29)28(35)26-14-13-25-27(30-26)24(31-32-25)12-11-22-9-5-6-10-23(22)21-7-3-2-4-8-21/h2-10,13-14H,15-20H2,1H3,(H,31,32). The molecule has 2 fully saturated rings. The smallest absolute Gasteiger partial charge is 0.272 e. The van der Waals surface area contributed by atoms with Gasteiger partial charge in [-0.15, -0.1) is 0 Å². The van der Waals surface area contributed by atoms with Crippen molar-refractivity contribution in [2.24, 2.45) is 5.41 Å². The van der Waals surface area contributed by atoms with Crippen LogP contribution >= 0.6 is 0 Å². The van der Waals surface area contributed by atoms with Gasteiger partial charge in [-0.05, 0) is 68.2 Å². The lowest BCUT2D eigenvalue weighted by Gasteiger charge is -2.53. The Balaban J connectivity index is 1.25. The van der Waals surface area contributed by atoms with Crippen LogP contribution in [0.15, 0.2) is 66.7 Å². The number of nitrogens with zero attached hydrogens (tertiary/aromatic N) is 4. The maximum absolute atomic E-state index is 13.2. The van der Waals surface area contributed by atoms with Crippen LogP contribution in [0.5, 0.6) is 0 Å². The van der Waals surface area contributed by atoms with Crippen LogP contribution in [0.25, 0.3) is 22.2 Å². The van der Waals surface area contributed by atoms with Gasteiger partial charge in [-0.1, -0.05) is 54.5 Å². The fraction of sp³-hybridized carbons (Fsp3) is 0.276. The second kappa shape index (κ2) is 8.68. The molecule has 4 heterocycles. The van der Waals surface area contributed by atoms with Crippen molar-refractivity contribution in [3.8, 4) is 23.0 Å². The molecule has 2 aliphatic heterocycles. The van der Waals surface area contributed by atoms with E-state index in [1.807, 2.05) is 47.4 Å². The molecule has 6 heteroatoms. The zero-order valence-corrected chi connectivity index (χ0v) is 19.8. The Morgan fingerprint density at radius 3 is 2.49 bits per heavy atom. The topological polar surface area (TPSA) is 65.1 Å². The van der Waals surface area contributed by atoms with E-state index in [1.165, 1.54) is 0 Å². The highest BCUT2D eigenvalue weighted by molar-refractivity contribution is 5.95. The van der Waals surface area contributed by atoms with Crippen LogP contribution in [-0.2, 0) is 0 Å². The van der Waals surface area contributed by atoms with Crippen LogP contribution in [0.2, 0.25) is 0 Å². The molecule has 0 bridgehead atoms. The molecule has 0 unspecified atom stereocenters. The number of aromatic nitrogens is 3. The van der Waals surface area contributed by atoms with Gasteiger partial charge in [-0.3, -0.25) is 9.89 Å². The summed E-state index contributed by atoms with van der Waals surface area (Å²) in [7, 11) is 2.17. The first-order valence-corrected chi connectivity index (χ1v) is 12.1. The maximum Gasteiger partial charge on any atom is 0.272 e. The number of amides is 1. The Bertz CT molecular complexity index is 1450. The predicted octanol–water partition coefficient (Wildman–Crippen LogP) is 4.19. The molecular formula is C29H27N5O. The van der Waals surface area contributed by atoms with Crippen LogP contribution in [0.1, 0.15) is 34.6 Å². The number of fused-ring (bicyclic) bond motifs is 1. The maximum atomic E-state index is 13.2. The van der Waals surface area contributed by atoms with E-state index in [1.54, 1.807) is 6.07 Å². The number of piperidine rings is 1. The minimum Gasteiger partial charge on any atom is -0.336 e. The predicted molar refractivity (Wildman–Crippen MR) is 137 cm³/mol. The fourth-order valence-corrected chi connectivity index (χ4v) is 5.17. The van der Waals surface area contributed by atoms with Crippen LogP contribution in [0.3, 0.4) is 0 Å². The van der Waals surface area contributed by atoms with E-state index in [-0.39, 0.29) is 5.91 Å². The first-order valence-electron chi connectivity index (χ1n) is 12.1. The number of rotatable bonds is 2. The summed E-state index contributed by atoms with van der Waals surface area (Å²) in [4.78, 5) is 22.1. The Kier molecular flexibility index (Phi) is 5.35. The third-order valence-corrected chi connectivity index (χ3v) is 7.34. The van der Waals surface area contributed by atoms with Crippen LogP contribution < -0.4 is 0 Å². The summed E-state index contributed by atoms with van der Waals surface area (Å²) in [5.74, 6) is 6.45. The van der Waals surface area contributed by atoms with Crippen LogP contribution in [-0.4, -0.2) is 64.1 Å². The van der Waals surface area contributed by atoms with E-state index < -0.39 is 0 Å². The third-order valence-electron chi connectivity index (χ3n) is 7.34. The molecule has 2 aliphatic rings. The second-order valence-electron chi connectivity index (χ2n) is 9.79. The number of benzene rings is 2. The summed E-state index contributed by atoms with van der Waals surface area (Å²) < 4.78 is 0. The van der Waals surface area contributed by atoms with Crippen molar-refractivity contribution in [2.75, 3.05) is 33.2 Å². The Morgan fingerprint density at radius 1 is 0.943 bits per heavy atom. The van der Waals surface area contributed by atoms with Crippen LogP contribution in [0.4, 0.5) is 0 Å². The Labute approximate surface area is 205 Å². The van der Waals surface area contributed by atoms with Gasteiger partial charge in [0.25, 0.3) is 5.91 Å². The van der Waals surface area contributed by atoms with Gasteiger partial charge < -0.3 is 9.80 Å². The normalized spacial score (nSPS) is 17.1. The molecule has 6 rings (SSSR count). The van der Waals surface area contributed by atoms with Gasteiger partial charge in [0.15, 0.2) is 5.69 Å². The Morgan fingerprint density at radius 2 is 1.69 bits per heavy atom. The van der Waals surface area contributed by atoms with Crippen molar-refractivity contribution in [1.29, 1.82) is 0 Å². The van der Waals surface area contributed by atoms with Crippen molar-refractivity contribution < 1.29 is 4.79 Å². The third kappa shape index (κ3) is 4.09. The summed E-state index contributed by atoms with van der Waals surface area (Å²) in [6, 6.07) is 21.9. The molecule has 4 aromatic rings. The lowest BCUT2D eigenvalue weighted by molar-refractivity contribution is -0.0285. The van der Waals surface area contributed by atoms with E-state index in [9.17, 15) is 4.79 Å². The highest BCUT2D eigenvalue weighted by Crippen LogP contribution is 2.40. The molecule has 2 aromatic heterocycles. The zero-order chi connectivity index (χ0) is 23.8. The zero-order valence-electron chi connectivity index (χ0n) is 19.8. The average molecular weight is 462 g/mol. The lowest BCUT2D eigenvalue weighted by atomic mass is 9.72. The molecule has 1 amide bonds. The monoisotopic (exact) mass is 461 g/mol. The van der Waals surface area contributed by atoms with Gasteiger partial charge in [0.2, 0.25) is 0 Å². The van der Waals surface area contributed by atoms with Gasteiger partial charge in [0.05, 0.1) is 5.52 Å². The van der Waals surface area contributed by atoms with Crippen molar-refractivity contribution >= 4 is 16.9 Å². The number of H-pyrrole nitrogens is 1. The number of likely N-dealkylation sites (tertiary alicyclic amines) is 2. The van der Waals surface area contributed by atoms with E-state index in [0.717, 1.165) is 61.2 Å². The minimum absolute atomic E-state index is 0.00835. The summed E-state index contributed by atoms with van der Waals surface area (Å²) in [6.45, 7) is 3.87. The molecule has 2 saturated heterocycles. The SMILES string of the molecule is CN1CCC2(CC1)CN(C(=O)c1ccc3[nH]nc(C#Cc4ccccc4-c4ccccc4)c3n1)C2. The van der Waals surface area contributed by atoms with E-state index in [2.05, 4.69) is 57.2 Å². The number of carbonyl (C=O) groups excluding carboxylic acids is 1. The molecule has 0 aliphatic carbocycles. The molecule has 0 saturated carbocycles. The summed E-state index contributed by atoms with van der Waals surface area (Å²) in [5.41, 5.74) is 5.82. The lowest BCUT2D eigenvalue weighted by Crippen LogP contribution is -2.61. The van der Waals surface area contributed by atoms with Gasteiger partial charge in [0.1, 0.15) is 11.2 Å². The molecule has 6 nitrogen and oxygen atoms in total. The molecule has 35 heavy (non-hydrogen) atoms. The molecular weight excluding hydrogens is 434 g/mol. The second-order valence-corrected chi connectivity index (χ2v) is 9.79. The van der Waals surface area contributed by atoms with Gasteiger partial charge in [0, 0.05) is 24.1 Å².